The molecular formula is C22H27N4OS+. The summed E-state index contributed by atoms with van der Waals surface area (Å²) in [5.74, 6) is 1.67. The van der Waals surface area contributed by atoms with Gasteiger partial charge in [-0.1, -0.05) is 36.4 Å². The first-order valence-electron chi connectivity index (χ1n) is 9.46. The number of nitrogens with zero attached hydrogens (tertiary/aromatic N) is 3. The number of allylic oxidation sites excluding steroid dienone is 1. The Hall–Kier alpha value is -2.70. The fourth-order valence-corrected chi connectivity index (χ4v) is 3.45. The van der Waals surface area contributed by atoms with Crippen LogP contribution >= 0.6 is 12.2 Å². The molecule has 0 spiro atoms. The molecule has 0 bridgehead atoms. The molecule has 1 heterocycles. The van der Waals surface area contributed by atoms with Crippen LogP contribution < -0.4 is 9.64 Å². The van der Waals surface area contributed by atoms with Gasteiger partial charge >= 0.3 is 0 Å². The van der Waals surface area contributed by atoms with Crippen LogP contribution in [0.2, 0.25) is 0 Å². The zero-order valence-corrected chi connectivity index (χ0v) is 17.3. The lowest BCUT2D eigenvalue weighted by Crippen LogP contribution is -3.09. The average Bonchev–Trinajstić information content (AvgIpc) is 3.04. The van der Waals surface area contributed by atoms with Crippen molar-refractivity contribution in [3.63, 3.8) is 0 Å². The molecule has 1 atom stereocenters. The van der Waals surface area contributed by atoms with E-state index in [0.29, 0.717) is 11.3 Å². The summed E-state index contributed by atoms with van der Waals surface area (Å²) in [4.78, 5) is 1.40. The molecule has 3 aromatic rings. The smallest absolute Gasteiger partial charge is 0.203 e. The second-order valence-corrected chi connectivity index (χ2v) is 7.02. The molecule has 0 aliphatic heterocycles. The van der Waals surface area contributed by atoms with Crippen LogP contribution in [0.15, 0.2) is 67.3 Å². The molecule has 0 radical (unpaired) electrons. The van der Waals surface area contributed by atoms with Crippen molar-refractivity contribution in [3.8, 4) is 17.1 Å². The van der Waals surface area contributed by atoms with Crippen molar-refractivity contribution < 1.29 is 9.64 Å². The van der Waals surface area contributed by atoms with Gasteiger partial charge in [0.05, 0.1) is 13.7 Å². The lowest BCUT2D eigenvalue weighted by Gasteiger charge is -2.17. The zero-order valence-electron chi connectivity index (χ0n) is 16.5. The largest absolute Gasteiger partial charge is 0.497 e. The molecule has 0 aliphatic rings. The van der Waals surface area contributed by atoms with Crippen molar-refractivity contribution >= 4 is 12.2 Å². The summed E-state index contributed by atoms with van der Waals surface area (Å²) in [6, 6.07) is 18.4. The Kier molecular flexibility index (Phi) is 6.79. The van der Waals surface area contributed by atoms with E-state index in [1.54, 1.807) is 7.11 Å². The van der Waals surface area contributed by atoms with E-state index in [1.165, 1.54) is 10.5 Å². The van der Waals surface area contributed by atoms with Gasteiger partial charge in [0.25, 0.3) is 0 Å². The molecule has 0 fully saturated rings. The van der Waals surface area contributed by atoms with Crippen LogP contribution in [0.1, 0.15) is 12.5 Å². The van der Waals surface area contributed by atoms with Gasteiger partial charge in [-0.15, -0.1) is 11.7 Å². The third kappa shape index (κ3) is 4.58. The quantitative estimate of drug-likeness (QED) is 0.446. The van der Waals surface area contributed by atoms with E-state index < -0.39 is 0 Å². The highest BCUT2D eigenvalue weighted by atomic mass is 32.1. The summed E-state index contributed by atoms with van der Waals surface area (Å²) < 4.78 is 9.93. The molecule has 1 aromatic heterocycles. The molecule has 5 nitrogen and oxygen atoms in total. The maximum atomic E-state index is 5.74. The van der Waals surface area contributed by atoms with Gasteiger partial charge in [-0.25, -0.2) is 0 Å². The summed E-state index contributed by atoms with van der Waals surface area (Å²) in [5, 5.41) is 4.85. The number of aromatic nitrogens is 3. The maximum Gasteiger partial charge on any atom is 0.203 e. The standard InChI is InChI=1S/C22H26N4OS/c1-4-15-25-21(19-11-13-20(27-3)14-12-19)23-26(22(25)28)17-24(5-2)16-18-9-7-6-8-10-18/h4,6-14H,1,5,15-17H2,2-3H3/p+1. The summed E-state index contributed by atoms with van der Waals surface area (Å²) >= 11 is 5.74. The van der Waals surface area contributed by atoms with Crippen molar-refractivity contribution in [2.45, 2.75) is 26.7 Å². The highest BCUT2D eigenvalue weighted by molar-refractivity contribution is 7.71. The van der Waals surface area contributed by atoms with Crippen LogP contribution in [-0.2, 0) is 19.8 Å². The lowest BCUT2D eigenvalue weighted by molar-refractivity contribution is -0.935. The summed E-state index contributed by atoms with van der Waals surface area (Å²) in [5.41, 5.74) is 2.32. The highest BCUT2D eigenvalue weighted by Gasteiger charge is 2.16. The Morgan fingerprint density at radius 3 is 2.46 bits per heavy atom. The molecule has 28 heavy (non-hydrogen) atoms. The number of ether oxygens (including phenoxy) is 1. The number of nitrogens with one attached hydrogen (secondary N) is 1. The molecule has 0 aliphatic carbocycles. The van der Waals surface area contributed by atoms with E-state index in [-0.39, 0.29) is 0 Å². The van der Waals surface area contributed by atoms with Crippen molar-refractivity contribution in [1.29, 1.82) is 0 Å². The number of quaternary nitrogens is 1. The van der Waals surface area contributed by atoms with Crippen LogP contribution in [-0.4, -0.2) is 28.0 Å². The fourth-order valence-electron chi connectivity index (χ4n) is 3.18. The van der Waals surface area contributed by atoms with Crippen LogP contribution in [0.5, 0.6) is 5.75 Å². The van der Waals surface area contributed by atoms with Gasteiger partial charge in [-0.3, -0.25) is 4.57 Å². The Balaban J connectivity index is 1.90. The third-order valence-electron chi connectivity index (χ3n) is 4.75. The third-order valence-corrected chi connectivity index (χ3v) is 5.18. The summed E-state index contributed by atoms with van der Waals surface area (Å²) in [6.07, 6.45) is 1.85. The second kappa shape index (κ2) is 9.48. The minimum atomic E-state index is 0.625. The molecule has 0 amide bonds. The molecular weight excluding hydrogens is 368 g/mol. The average molecular weight is 396 g/mol. The number of methoxy groups -OCH3 is 1. The summed E-state index contributed by atoms with van der Waals surface area (Å²) in [6.45, 7) is 9.33. The topological polar surface area (TPSA) is 36.4 Å². The van der Waals surface area contributed by atoms with E-state index in [9.17, 15) is 0 Å². The summed E-state index contributed by atoms with van der Waals surface area (Å²) in [7, 11) is 1.66. The minimum absolute atomic E-state index is 0.625. The molecule has 0 saturated heterocycles. The molecule has 146 valence electrons. The van der Waals surface area contributed by atoms with Crippen molar-refractivity contribution in [3.05, 3.63) is 77.6 Å². The van der Waals surface area contributed by atoms with E-state index in [0.717, 1.165) is 36.9 Å². The van der Waals surface area contributed by atoms with E-state index >= 15 is 0 Å². The van der Waals surface area contributed by atoms with Crippen LogP contribution in [0, 0.1) is 4.77 Å². The second-order valence-electron chi connectivity index (χ2n) is 6.66. The number of hydrogen-bond donors (Lipinski definition) is 1. The Morgan fingerprint density at radius 2 is 1.86 bits per heavy atom. The zero-order chi connectivity index (χ0) is 19.9. The van der Waals surface area contributed by atoms with E-state index in [4.69, 9.17) is 22.1 Å². The van der Waals surface area contributed by atoms with Crippen LogP contribution in [0.3, 0.4) is 0 Å². The number of benzene rings is 2. The van der Waals surface area contributed by atoms with Gasteiger partial charge in [0.1, 0.15) is 12.3 Å². The maximum absolute atomic E-state index is 5.74. The van der Waals surface area contributed by atoms with E-state index in [2.05, 4.69) is 37.8 Å². The first-order valence-corrected chi connectivity index (χ1v) is 9.87. The molecule has 1 unspecified atom stereocenters. The molecule has 2 aromatic carbocycles. The first kappa shape index (κ1) is 20.0. The molecule has 3 rings (SSSR count). The van der Waals surface area contributed by atoms with Gasteiger partial charge in [0.15, 0.2) is 12.5 Å². The predicted octanol–water partition coefficient (Wildman–Crippen LogP) is 3.34. The molecule has 0 saturated carbocycles. The van der Waals surface area contributed by atoms with Crippen molar-refractivity contribution in [2.24, 2.45) is 0 Å². The van der Waals surface area contributed by atoms with E-state index in [1.807, 2.05) is 45.7 Å². The van der Waals surface area contributed by atoms with Gasteiger partial charge < -0.3 is 9.64 Å². The van der Waals surface area contributed by atoms with Crippen LogP contribution in [0.4, 0.5) is 0 Å². The minimum Gasteiger partial charge on any atom is -0.497 e. The van der Waals surface area contributed by atoms with Crippen molar-refractivity contribution in [2.75, 3.05) is 13.7 Å². The van der Waals surface area contributed by atoms with Gasteiger partial charge in [-0.05, 0) is 43.4 Å². The Bertz CT molecular complexity index is 960. The lowest BCUT2D eigenvalue weighted by atomic mass is 10.2. The highest BCUT2D eigenvalue weighted by Crippen LogP contribution is 2.21. The normalized spacial score (nSPS) is 11.9. The van der Waals surface area contributed by atoms with Gasteiger partial charge in [0.2, 0.25) is 4.77 Å². The van der Waals surface area contributed by atoms with Crippen LogP contribution in [0.25, 0.3) is 11.4 Å². The molecule has 6 heteroatoms. The fraction of sp³-hybridized carbons (Fsp3) is 0.273. The molecule has 1 N–H and O–H groups in total. The van der Waals surface area contributed by atoms with Gasteiger partial charge in [-0.2, -0.15) is 4.68 Å². The number of hydrogen-bond acceptors (Lipinski definition) is 3. The number of rotatable bonds is 9. The first-order chi connectivity index (χ1) is 13.7. The van der Waals surface area contributed by atoms with Gasteiger partial charge in [0, 0.05) is 17.7 Å². The Labute approximate surface area is 171 Å². The predicted molar refractivity (Wildman–Crippen MR) is 115 cm³/mol. The monoisotopic (exact) mass is 395 g/mol. The Morgan fingerprint density at radius 1 is 1.14 bits per heavy atom. The SMILES string of the molecule is C=CCn1c(-c2ccc(OC)cc2)nn(C[NH+](CC)Cc2ccccc2)c1=S. The van der Waals surface area contributed by atoms with Crippen molar-refractivity contribution in [1.82, 2.24) is 14.3 Å².